The molecule has 1 N–H and O–H groups in total. The minimum atomic E-state index is -0.152. The first kappa shape index (κ1) is 22.8. The second-order valence-corrected chi connectivity index (χ2v) is 8.03. The number of carbonyl (C=O) groups excluding carboxylic acids is 1. The van der Waals surface area contributed by atoms with Gasteiger partial charge in [0.15, 0.2) is 11.5 Å². The van der Waals surface area contributed by atoms with Crippen LogP contribution in [-0.2, 0) is 24.2 Å². The number of hydrogen-bond acceptors (Lipinski definition) is 5. The summed E-state index contributed by atoms with van der Waals surface area (Å²) in [5, 5.41) is 0. The molecule has 0 atom stereocenters. The van der Waals surface area contributed by atoms with Gasteiger partial charge < -0.3 is 19.4 Å². The topological polar surface area (TPSA) is 84.5 Å². The Labute approximate surface area is 183 Å². The van der Waals surface area contributed by atoms with E-state index < -0.39 is 0 Å². The Morgan fingerprint density at radius 2 is 1.90 bits per heavy atom. The van der Waals surface area contributed by atoms with Crippen molar-refractivity contribution in [2.24, 2.45) is 0 Å². The molecular weight excluding hydrogens is 394 g/mol. The van der Waals surface area contributed by atoms with Crippen LogP contribution < -0.4 is 15.0 Å². The molecule has 2 aromatic rings. The first-order valence-electron chi connectivity index (χ1n) is 11.1. The van der Waals surface area contributed by atoms with Gasteiger partial charge in [-0.15, -0.1) is 0 Å². The van der Waals surface area contributed by atoms with E-state index in [9.17, 15) is 9.59 Å². The molecule has 7 heteroatoms. The smallest absolute Gasteiger partial charge is 0.256 e. The van der Waals surface area contributed by atoms with Gasteiger partial charge in [-0.2, -0.15) is 0 Å². The van der Waals surface area contributed by atoms with E-state index >= 15 is 0 Å². The molecule has 1 aliphatic heterocycles. The van der Waals surface area contributed by atoms with E-state index in [1.165, 1.54) is 19.3 Å². The molecule has 0 radical (unpaired) electrons. The maximum atomic E-state index is 12.7. The van der Waals surface area contributed by atoms with Gasteiger partial charge in [0.2, 0.25) is 5.91 Å². The lowest BCUT2D eigenvalue weighted by atomic mass is 10.0. The van der Waals surface area contributed by atoms with Crippen LogP contribution in [0.15, 0.2) is 23.0 Å². The van der Waals surface area contributed by atoms with Gasteiger partial charge in [-0.25, -0.2) is 4.98 Å². The summed E-state index contributed by atoms with van der Waals surface area (Å²) in [5.41, 5.74) is 2.23. The summed E-state index contributed by atoms with van der Waals surface area (Å²) < 4.78 is 10.6. The molecule has 0 spiro atoms. The van der Waals surface area contributed by atoms with Crippen molar-refractivity contribution in [3.05, 3.63) is 51.2 Å². The monoisotopic (exact) mass is 427 g/mol. The molecule has 1 aromatic carbocycles. The van der Waals surface area contributed by atoms with Crippen LogP contribution in [0.5, 0.6) is 11.5 Å². The zero-order valence-corrected chi connectivity index (χ0v) is 18.8. The van der Waals surface area contributed by atoms with Crippen LogP contribution in [0.1, 0.15) is 68.1 Å². The molecule has 0 saturated heterocycles. The molecule has 0 unspecified atom stereocenters. The van der Waals surface area contributed by atoms with Gasteiger partial charge in [0.05, 0.1) is 32.0 Å². The molecule has 1 amide bonds. The molecule has 0 fully saturated rings. The van der Waals surface area contributed by atoms with Gasteiger partial charge in [0.25, 0.3) is 5.56 Å². The van der Waals surface area contributed by atoms with Crippen LogP contribution >= 0.6 is 0 Å². The van der Waals surface area contributed by atoms with E-state index in [2.05, 4.69) is 11.9 Å². The lowest BCUT2D eigenvalue weighted by Crippen LogP contribution is -2.39. The normalized spacial score (nSPS) is 13.1. The number of aromatic amines is 1. The van der Waals surface area contributed by atoms with Crippen LogP contribution in [0.4, 0.5) is 0 Å². The Hall–Kier alpha value is -2.83. The van der Waals surface area contributed by atoms with Gasteiger partial charge >= 0.3 is 0 Å². The molecule has 168 valence electrons. The molecule has 3 rings (SSSR count). The molecular formula is C24H33N3O4. The minimum Gasteiger partial charge on any atom is -0.493 e. The van der Waals surface area contributed by atoms with Gasteiger partial charge in [-0.3, -0.25) is 9.59 Å². The Bertz CT molecular complexity index is 954. The number of methoxy groups -OCH3 is 2. The highest BCUT2D eigenvalue weighted by Crippen LogP contribution is 2.28. The van der Waals surface area contributed by atoms with Crippen LogP contribution in [0.25, 0.3) is 0 Å². The highest BCUT2D eigenvalue weighted by Gasteiger charge is 2.24. The van der Waals surface area contributed by atoms with Crippen molar-refractivity contribution in [2.75, 3.05) is 20.8 Å². The third kappa shape index (κ3) is 5.87. The van der Waals surface area contributed by atoms with Crippen LogP contribution in [0, 0.1) is 0 Å². The molecule has 31 heavy (non-hydrogen) atoms. The Kier molecular flexibility index (Phi) is 8.09. The lowest BCUT2D eigenvalue weighted by molar-refractivity contribution is -0.132. The number of aromatic nitrogens is 2. The van der Waals surface area contributed by atoms with Crippen LogP contribution in [0.2, 0.25) is 0 Å². The zero-order chi connectivity index (χ0) is 22.2. The van der Waals surface area contributed by atoms with Crippen molar-refractivity contribution in [3.63, 3.8) is 0 Å². The van der Waals surface area contributed by atoms with Gasteiger partial charge in [-0.05, 0) is 24.1 Å². The standard InChI is InChI=1S/C24H33N3O4/c1-4-5-6-7-8-9-23(28)27-13-12-19-18(16-27)24(29)26-22(25-19)15-17-10-11-20(30-2)21(14-17)31-3/h10-11,14H,4-9,12-13,15-16H2,1-3H3,(H,25,26,29). The van der Waals surface area contributed by atoms with Crippen molar-refractivity contribution in [3.8, 4) is 11.5 Å². The fraction of sp³-hybridized carbons (Fsp3) is 0.542. The predicted molar refractivity (Wildman–Crippen MR) is 120 cm³/mol. The van der Waals surface area contributed by atoms with Crippen LogP contribution in [0.3, 0.4) is 0 Å². The van der Waals surface area contributed by atoms with Crippen molar-refractivity contribution in [1.82, 2.24) is 14.9 Å². The number of unbranched alkanes of at least 4 members (excludes halogenated alkanes) is 4. The second kappa shape index (κ2) is 11.0. The van der Waals surface area contributed by atoms with E-state index in [0.717, 1.165) is 24.1 Å². The highest BCUT2D eigenvalue weighted by atomic mass is 16.5. The van der Waals surface area contributed by atoms with Gasteiger partial charge in [0, 0.05) is 25.8 Å². The molecule has 7 nitrogen and oxygen atoms in total. The van der Waals surface area contributed by atoms with Crippen molar-refractivity contribution >= 4 is 5.91 Å². The molecule has 0 saturated carbocycles. The molecule has 0 aliphatic carbocycles. The van der Waals surface area contributed by atoms with Gasteiger partial charge in [0.1, 0.15) is 5.82 Å². The summed E-state index contributed by atoms with van der Waals surface area (Å²) in [6.07, 6.45) is 7.26. The lowest BCUT2D eigenvalue weighted by Gasteiger charge is -2.28. The van der Waals surface area contributed by atoms with Gasteiger partial charge in [-0.1, -0.05) is 38.7 Å². The quantitative estimate of drug-likeness (QED) is 0.586. The zero-order valence-electron chi connectivity index (χ0n) is 18.8. The number of nitrogens with one attached hydrogen (secondary N) is 1. The summed E-state index contributed by atoms with van der Waals surface area (Å²) in [7, 11) is 3.19. The largest absolute Gasteiger partial charge is 0.493 e. The maximum absolute atomic E-state index is 12.7. The number of nitrogens with zero attached hydrogens (tertiary/aromatic N) is 2. The van der Waals surface area contributed by atoms with E-state index in [1.807, 2.05) is 18.2 Å². The number of benzene rings is 1. The average molecular weight is 428 g/mol. The number of H-pyrrole nitrogens is 1. The Balaban J connectivity index is 1.65. The second-order valence-electron chi connectivity index (χ2n) is 8.03. The Morgan fingerprint density at radius 3 is 2.65 bits per heavy atom. The number of fused-ring (bicyclic) bond motifs is 1. The fourth-order valence-electron chi connectivity index (χ4n) is 3.99. The predicted octanol–water partition coefficient (Wildman–Crippen LogP) is 3.62. The maximum Gasteiger partial charge on any atom is 0.256 e. The average Bonchev–Trinajstić information content (AvgIpc) is 2.78. The molecule has 1 aliphatic rings. The van der Waals surface area contributed by atoms with Crippen molar-refractivity contribution in [2.45, 2.75) is 64.8 Å². The summed E-state index contributed by atoms with van der Waals surface area (Å²) in [4.78, 5) is 34.7. The summed E-state index contributed by atoms with van der Waals surface area (Å²) in [6, 6.07) is 5.66. The minimum absolute atomic E-state index is 0.135. The number of hydrogen-bond donors (Lipinski definition) is 1. The third-order valence-electron chi connectivity index (χ3n) is 5.78. The highest BCUT2D eigenvalue weighted by molar-refractivity contribution is 5.76. The fourth-order valence-corrected chi connectivity index (χ4v) is 3.99. The summed E-state index contributed by atoms with van der Waals surface area (Å²) in [5.74, 6) is 2.06. The SMILES string of the molecule is CCCCCCCC(=O)N1CCc2nc(Cc3ccc(OC)c(OC)c3)[nH]c(=O)c2C1. The first-order chi connectivity index (χ1) is 15.0. The van der Waals surface area contributed by atoms with E-state index in [0.29, 0.717) is 55.2 Å². The molecule has 2 heterocycles. The molecule has 0 bridgehead atoms. The van der Waals surface area contributed by atoms with Crippen molar-refractivity contribution in [1.29, 1.82) is 0 Å². The first-order valence-corrected chi connectivity index (χ1v) is 11.1. The summed E-state index contributed by atoms with van der Waals surface area (Å²) in [6.45, 7) is 3.15. The number of ether oxygens (including phenoxy) is 2. The van der Waals surface area contributed by atoms with E-state index in [1.54, 1.807) is 19.1 Å². The number of rotatable bonds is 10. The summed E-state index contributed by atoms with van der Waals surface area (Å²) >= 11 is 0. The van der Waals surface area contributed by atoms with Crippen LogP contribution in [-0.4, -0.2) is 41.5 Å². The van der Waals surface area contributed by atoms with E-state index in [4.69, 9.17) is 14.5 Å². The number of amides is 1. The third-order valence-corrected chi connectivity index (χ3v) is 5.78. The number of carbonyl (C=O) groups is 1. The Morgan fingerprint density at radius 1 is 1.13 bits per heavy atom. The van der Waals surface area contributed by atoms with E-state index in [-0.39, 0.29) is 11.5 Å². The van der Waals surface area contributed by atoms with Crippen molar-refractivity contribution < 1.29 is 14.3 Å². The molecule has 1 aromatic heterocycles.